The summed E-state index contributed by atoms with van der Waals surface area (Å²) in [5.41, 5.74) is 5.78. The third-order valence-corrected chi connectivity index (χ3v) is 5.00. The topological polar surface area (TPSA) is 34.6 Å². The van der Waals surface area contributed by atoms with Gasteiger partial charge in [0, 0.05) is 37.0 Å². The van der Waals surface area contributed by atoms with Gasteiger partial charge in [-0.1, -0.05) is 36.4 Å². The van der Waals surface area contributed by atoms with Gasteiger partial charge in [0.05, 0.1) is 12.8 Å². The van der Waals surface area contributed by atoms with Crippen molar-refractivity contribution in [2.75, 3.05) is 20.3 Å². The highest BCUT2D eigenvalue weighted by atomic mass is 16.5. The molecule has 29 heavy (non-hydrogen) atoms. The van der Waals surface area contributed by atoms with Gasteiger partial charge in [0.15, 0.2) is 0 Å². The van der Waals surface area contributed by atoms with Gasteiger partial charge in [-0.3, -0.25) is 9.88 Å². The molecule has 0 fully saturated rings. The van der Waals surface area contributed by atoms with Gasteiger partial charge >= 0.3 is 0 Å². The van der Waals surface area contributed by atoms with Crippen molar-refractivity contribution in [3.63, 3.8) is 0 Å². The number of nitrogens with zero attached hydrogens (tertiary/aromatic N) is 2. The second-order valence-corrected chi connectivity index (χ2v) is 7.40. The van der Waals surface area contributed by atoms with E-state index in [9.17, 15) is 0 Å². The van der Waals surface area contributed by atoms with Gasteiger partial charge in [-0.05, 0) is 48.4 Å². The van der Waals surface area contributed by atoms with Crippen molar-refractivity contribution in [1.82, 2.24) is 9.88 Å². The van der Waals surface area contributed by atoms with Crippen LogP contribution in [-0.2, 0) is 13.1 Å². The zero-order chi connectivity index (χ0) is 20.1. The monoisotopic (exact) mass is 386 g/mol. The lowest BCUT2D eigenvalue weighted by atomic mass is 10.1. The zero-order valence-electron chi connectivity index (χ0n) is 17.0. The zero-order valence-corrected chi connectivity index (χ0v) is 17.0. The van der Waals surface area contributed by atoms with Crippen LogP contribution in [0.3, 0.4) is 0 Å². The van der Waals surface area contributed by atoms with Crippen molar-refractivity contribution in [2.45, 2.75) is 20.0 Å². The molecule has 0 radical (unpaired) electrons. The van der Waals surface area contributed by atoms with Gasteiger partial charge in [0.2, 0.25) is 0 Å². The van der Waals surface area contributed by atoms with E-state index in [4.69, 9.17) is 14.5 Å². The number of pyridine rings is 1. The molecule has 148 valence electrons. The molecule has 1 aliphatic rings. The van der Waals surface area contributed by atoms with E-state index in [0.717, 1.165) is 48.1 Å². The van der Waals surface area contributed by atoms with Crippen LogP contribution in [0.2, 0.25) is 0 Å². The maximum absolute atomic E-state index is 6.01. The quantitative estimate of drug-likeness (QED) is 0.580. The summed E-state index contributed by atoms with van der Waals surface area (Å²) in [6, 6.07) is 22.7. The van der Waals surface area contributed by atoms with Gasteiger partial charge in [0.1, 0.15) is 18.1 Å². The Kier molecular flexibility index (Phi) is 5.92. The summed E-state index contributed by atoms with van der Waals surface area (Å²) in [7, 11) is 1.67. The highest BCUT2D eigenvalue weighted by Crippen LogP contribution is 2.30. The Morgan fingerprint density at radius 3 is 2.62 bits per heavy atom. The number of hydrogen-bond donors (Lipinski definition) is 0. The van der Waals surface area contributed by atoms with E-state index in [2.05, 4.69) is 59.5 Å². The Morgan fingerprint density at radius 2 is 1.83 bits per heavy atom. The summed E-state index contributed by atoms with van der Waals surface area (Å²) >= 11 is 0. The van der Waals surface area contributed by atoms with Crippen LogP contribution in [0.1, 0.15) is 22.5 Å². The molecule has 3 aromatic rings. The first-order chi connectivity index (χ1) is 14.2. The van der Waals surface area contributed by atoms with E-state index in [1.807, 2.05) is 25.1 Å². The summed E-state index contributed by atoms with van der Waals surface area (Å²) in [6.45, 7) is 5.11. The Hall–Kier alpha value is -3.11. The number of fused-ring (bicyclic) bond motifs is 1. The Balaban J connectivity index is 1.55. The standard InChI is InChI=1S/C25H26N2O2/c1-19-7-6-10-23(26-19)17-27(15-20-8-4-3-5-9-20)16-21-13-22-11-12-24(28-2)14-25(22)29-18-21/h3-14H,15-18H2,1-2H3. The van der Waals surface area contributed by atoms with Crippen molar-refractivity contribution in [3.05, 3.63) is 94.8 Å². The predicted molar refractivity (Wildman–Crippen MR) is 116 cm³/mol. The summed E-state index contributed by atoms with van der Waals surface area (Å²) in [4.78, 5) is 7.11. The van der Waals surface area contributed by atoms with Crippen LogP contribution >= 0.6 is 0 Å². The second kappa shape index (κ2) is 8.93. The van der Waals surface area contributed by atoms with Crippen LogP contribution in [0, 0.1) is 6.92 Å². The van der Waals surface area contributed by atoms with Gasteiger partial charge in [-0.2, -0.15) is 0 Å². The molecule has 1 aliphatic heterocycles. The number of hydrogen-bond acceptors (Lipinski definition) is 4. The summed E-state index contributed by atoms with van der Waals surface area (Å²) in [5, 5.41) is 0. The van der Waals surface area contributed by atoms with Gasteiger partial charge in [0.25, 0.3) is 0 Å². The number of rotatable bonds is 7. The van der Waals surface area contributed by atoms with Crippen LogP contribution < -0.4 is 9.47 Å². The van der Waals surface area contributed by atoms with Gasteiger partial charge in [-0.25, -0.2) is 0 Å². The molecule has 0 unspecified atom stereocenters. The van der Waals surface area contributed by atoms with Crippen molar-refractivity contribution < 1.29 is 9.47 Å². The summed E-state index contributed by atoms with van der Waals surface area (Å²) in [5.74, 6) is 1.69. The molecule has 4 heteroatoms. The Bertz CT molecular complexity index is 999. The van der Waals surface area contributed by atoms with Crippen LogP contribution in [0.5, 0.6) is 11.5 Å². The largest absolute Gasteiger partial charge is 0.497 e. The number of methoxy groups -OCH3 is 1. The minimum atomic E-state index is 0.590. The summed E-state index contributed by atoms with van der Waals surface area (Å²) in [6.07, 6.45) is 2.24. The SMILES string of the molecule is COc1ccc2c(c1)OCC(CN(Cc1ccccc1)Cc1cccc(C)n1)=C2. The molecule has 4 rings (SSSR count). The van der Waals surface area contributed by atoms with E-state index >= 15 is 0 Å². The van der Waals surface area contributed by atoms with Crippen LogP contribution in [0.4, 0.5) is 0 Å². The molecule has 4 nitrogen and oxygen atoms in total. The normalized spacial score (nSPS) is 12.9. The van der Waals surface area contributed by atoms with Crippen LogP contribution in [0.25, 0.3) is 6.08 Å². The van der Waals surface area contributed by atoms with Crippen molar-refractivity contribution in [1.29, 1.82) is 0 Å². The average Bonchev–Trinajstić information content (AvgIpc) is 2.74. The van der Waals surface area contributed by atoms with Gasteiger partial charge < -0.3 is 9.47 Å². The molecule has 0 saturated heterocycles. The first-order valence-corrected chi connectivity index (χ1v) is 9.89. The van der Waals surface area contributed by atoms with Crippen molar-refractivity contribution >= 4 is 6.08 Å². The molecular formula is C25H26N2O2. The fraction of sp³-hybridized carbons (Fsp3) is 0.240. The maximum atomic E-state index is 6.01. The molecule has 2 heterocycles. The summed E-state index contributed by atoms with van der Waals surface area (Å²) < 4.78 is 11.3. The maximum Gasteiger partial charge on any atom is 0.130 e. The lowest BCUT2D eigenvalue weighted by Crippen LogP contribution is -2.28. The molecule has 0 aliphatic carbocycles. The molecule has 0 bridgehead atoms. The van der Waals surface area contributed by atoms with Crippen molar-refractivity contribution in [2.24, 2.45) is 0 Å². The number of aromatic nitrogens is 1. The molecule has 0 N–H and O–H groups in total. The second-order valence-electron chi connectivity index (χ2n) is 7.40. The third-order valence-electron chi connectivity index (χ3n) is 5.00. The van der Waals surface area contributed by atoms with E-state index < -0.39 is 0 Å². The van der Waals surface area contributed by atoms with E-state index in [1.165, 1.54) is 11.1 Å². The lowest BCUT2D eigenvalue weighted by Gasteiger charge is -2.26. The van der Waals surface area contributed by atoms with Crippen LogP contribution in [-0.4, -0.2) is 30.1 Å². The molecule has 0 amide bonds. The number of ether oxygens (including phenoxy) is 2. The highest BCUT2D eigenvalue weighted by Gasteiger charge is 2.16. The first kappa shape index (κ1) is 19.2. The number of aryl methyl sites for hydroxylation is 1. The Morgan fingerprint density at radius 1 is 0.966 bits per heavy atom. The minimum Gasteiger partial charge on any atom is -0.497 e. The van der Waals surface area contributed by atoms with E-state index in [-0.39, 0.29) is 0 Å². The highest BCUT2D eigenvalue weighted by molar-refractivity contribution is 5.64. The molecular weight excluding hydrogens is 360 g/mol. The molecule has 2 aromatic carbocycles. The van der Waals surface area contributed by atoms with Crippen LogP contribution in [0.15, 0.2) is 72.3 Å². The molecule has 0 saturated carbocycles. The van der Waals surface area contributed by atoms with E-state index in [1.54, 1.807) is 7.11 Å². The first-order valence-electron chi connectivity index (χ1n) is 9.89. The fourth-order valence-corrected chi connectivity index (χ4v) is 3.62. The third kappa shape index (κ3) is 5.04. The Labute approximate surface area is 172 Å². The minimum absolute atomic E-state index is 0.590. The van der Waals surface area contributed by atoms with Crippen molar-refractivity contribution in [3.8, 4) is 11.5 Å². The van der Waals surface area contributed by atoms with Gasteiger partial charge in [-0.15, -0.1) is 0 Å². The molecule has 1 aromatic heterocycles. The fourth-order valence-electron chi connectivity index (χ4n) is 3.62. The molecule has 0 spiro atoms. The van der Waals surface area contributed by atoms with E-state index in [0.29, 0.717) is 6.61 Å². The predicted octanol–water partition coefficient (Wildman–Crippen LogP) is 4.88. The number of benzene rings is 2. The average molecular weight is 386 g/mol. The molecule has 0 atom stereocenters. The smallest absolute Gasteiger partial charge is 0.130 e. The lowest BCUT2D eigenvalue weighted by molar-refractivity contribution is 0.256.